The van der Waals surface area contributed by atoms with Gasteiger partial charge in [-0.25, -0.2) is 0 Å². The zero-order valence-corrected chi connectivity index (χ0v) is 12.7. The van der Waals surface area contributed by atoms with Crippen LogP contribution in [0, 0.1) is 13.8 Å². The number of pyridine rings is 1. The molecule has 3 rings (SSSR count). The molecule has 1 N–H and O–H groups in total. The molecule has 1 aromatic carbocycles. The third-order valence-electron chi connectivity index (χ3n) is 4.14. The van der Waals surface area contributed by atoms with Crippen molar-refractivity contribution >= 4 is 0 Å². The molecule has 1 atom stereocenters. The number of aryl methyl sites for hydroxylation is 2. The Bertz CT molecular complexity index is 624. The summed E-state index contributed by atoms with van der Waals surface area (Å²) >= 11 is 0. The van der Waals surface area contributed by atoms with Crippen molar-refractivity contribution in [1.29, 1.82) is 0 Å². The van der Waals surface area contributed by atoms with E-state index in [1.807, 2.05) is 12.3 Å². The molecule has 0 bridgehead atoms. The van der Waals surface area contributed by atoms with Crippen LogP contribution in [0.4, 0.5) is 0 Å². The second-order valence-electron chi connectivity index (χ2n) is 5.68. The van der Waals surface area contributed by atoms with E-state index < -0.39 is 0 Å². The topological polar surface area (TPSA) is 34.2 Å². The zero-order chi connectivity index (χ0) is 14.7. The summed E-state index contributed by atoms with van der Waals surface area (Å²) < 4.78 is 5.93. The summed E-state index contributed by atoms with van der Waals surface area (Å²) in [5.74, 6) is 1.06. The second-order valence-corrected chi connectivity index (χ2v) is 5.68. The molecule has 0 amide bonds. The van der Waals surface area contributed by atoms with Crippen molar-refractivity contribution in [2.24, 2.45) is 0 Å². The minimum Gasteiger partial charge on any atom is -0.493 e. The molecule has 0 radical (unpaired) electrons. The Morgan fingerprint density at radius 1 is 1.19 bits per heavy atom. The van der Waals surface area contributed by atoms with Gasteiger partial charge in [-0.05, 0) is 43.9 Å². The maximum atomic E-state index is 5.93. The van der Waals surface area contributed by atoms with Crippen LogP contribution in [-0.4, -0.2) is 11.6 Å². The standard InChI is InChI=1S/C18H22N2O/c1-13-7-4-10-19-17(13)12-20-16-9-5-11-21-18-14(2)6-3-8-15(16)18/h3-4,6-8,10,16,20H,5,9,11-12H2,1-2H3. The summed E-state index contributed by atoms with van der Waals surface area (Å²) in [5.41, 5.74) is 4.85. The van der Waals surface area contributed by atoms with E-state index in [0.29, 0.717) is 6.04 Å². The first-order chi connectivity index (χ1) is 10.3. The van der Waals surface area contributed by atoms with E-state index in [1.54, 1.807) is 0 Å². The van der Waals surface area contributed by atoms with Crippen LogP contribution in [0.2, 0.25) is 0 Å². The van der Waals surface area contributed by atoms with Gasteiger partial charge in [-0.3, -0.25) is 4.98 Å². The minimum absolute atomic E-state index is 0.337. The molecule has 3 heteroatoms. The molecule has 1 aliphatic heterocycles. The quantitative estimate of drug-likeness (QED) is 0.932. The van der Waals surface area contributed by atoms with Gasteiger partial charge in [-0.15, -0.1) is 0 Å². The molecule has 0 aliphatic carbocycles. The Labute approximate surface area is 126 Å². The fourth-order valence-electron chi connectivity index (χ4n) is 2.90. The first-order valence-electron chi connectivity index (χ1n) is 7.62. The second kappa shape index (κ2) is 6.27. The van der Waals surface area contributed by atoms with Gasteiger partial charge in [0, 0.05) is 24.3 Å². The number of rotatable bonds is 3. The van der Waals surface area contributed by atoms with E-state index in [9.17, 15) is 0 Å². The minimum atomic E-state index is 0.337. The van der Waals surface area contributed by atoms with E-state index in [1.165, 1.54) is 16.7 Å². The molecule has 0 fully saturated rings. The fraction of sp³-hybridized carbons (Fsp3) is 0.389. The Hall–Kier alpha value is -1.87. The van der Waals surface area contributed by atoms with Gasteiger partial charge in [0.2, 0.25) is 0 Å². The molecular weight excluding hydrogens is 260 g/mol. The highest BCUT2D eigenvalue weighted by atomic mass is 16.5. The van der Waals surface area contributed by atoms with Gasteiger partial charge in [0.25, 0.3) is 0 Å². The van der Waals surface area contributed by atoms with Crippen molar-refractivity contribution in [3.8, 4) is 5.75 Å². The van der Waals surface area contributed by atoms with Crippen LogP contribution < -0.4 is 10.1 Å². The van der Waals surface area contributed by atoms with Gasteiger partial charge < -0.3 is 10.1 Å². The zero-order valence-electron chi connectivity index (χ0n) is 12.7. The van der Waals surface area contributed by atoms with Crippen molar-refractivity contribution in [1.82, 2.24) is 10.3 Å². The molecule has 1 aliphatic rings. The largest absolute Gasteiger partial charge is 0.493 e. The third-order valence-corrected chi connectivity index (χ3v) is 4.14. The molecule has 110 valence electrons. The average molecular weight is 282 g/mol. The van der Waals surface area contributed by atoms with Crippen LogP contribution in [0.5, 0.6) is 5.75 Å². The van der Waals surface area contributed by atoms with E-state index in [2.05, 4.69) is 48.4 Å². The summed E-state index contributed by atoms with van der Waals surface area (Å²) in [5, 5.41) is 3.66. The van der Waals surface area contributed by atoms with Crippen LogP contribution in [0.3, 0.4) is 0 Å². The Morgan fingerprint density at radius 3 is 2.90 bits per heavy atom. The highest BCUT2D eigenvalue weighted by molar-refractivity contribution is 5.43. The van der Waals surface area contributed by atoms with Gasteiger partial charge >= 0.3 is 0 Å². The SMILES string of the molecule is Cc1cccnc1CNC1CCCOc2c(C)cccc21. The van der Waals surface area contributed by atoms with Crippen LogP contribution in [-0.2, 0) is 6.54 Å². The molecule has 3 nitrogen and oxygen atoms in total. The number of nitrogens with zero attached hydrogens (tertiary/aromatic N) is 1. The molecule has 1 unspecified atom stereocenters. The summed E-state index contributed by atoms with van der Waals surface area (Å²) in [7, 11) is 0. The third kappa shape index (κ3) is 3.08. The van der Waals surface area contributed by atoms with E-state index in [4.69, 9.17) is 4.74 Å². The van der Waals surface area contributed by atoms with Crippen LogP contribution >= 0.6 is 0 Å². The number of aromatic nitrogens is 1. The van der Waals surface area contributed by atoms with Gasteiger partial charge in [0.15, 0.2) is 0 Å². The number of benzene rings is 1. The lowest BCUT2D eigenvalue weighted by atomic mass is 9.99. The van der Waals surface area contributed by atoms with Crippen LogP contribution in [0.15, 0.2) is 36.5 Å². The van der Waals surface area contributed by atoms with Crippen molar-refractivity contribution < 1.29 is 4.74 Å². The predicted molar refractivity (Wildman–Crippen MR) is 84.5 cm³/mol. The molecular formula is C18H22N2O. The van der Waals surface area contributed by atoms with Gasteiger partial charge in [-0.2, -0.15) is 0 Å². The van der Waals surface area contributed by atoms with Crippen molar-refractivity contribution in [3.63, 3.8) is 0 Å². The lowest BCUT2D eigenvalue weighted by Gasteiger charge is -2.19. The smallest absolute Gasteiger partial charge is 0.126 e. The van der Waals surface area contributed by atoms with E-state index >= 15 is 0 Å². The molecule has 0 saturated heterocycles. The lowest BCUT2D eigenvalue weighted by Crippen LogP contribution is -2.21. The Morgan fingerprint density at radius 2 is 2.05 bits per heavy atom. The number of nitrogens with one attached hydrogen (secondary N) is 1. The van der Waals surface area contributed by atoms with E-state index in [0.717, 1.165) is 37.4 Å². The monoisotopic (exact) mass is 282 g/mol. The van der Waals surface area contributed by atoms with Crippen molar-refractivity contribution in [2.75, 3.05) is 6.61 Å². The van der Waals surface area contributed by atoms with Crippen molar-refractivity contribution in [2.45, 2.75) is 39.3 Å². The Kier molecular flexibility index (Phi) is 4.20. The molecule has 21 heavy (non-hydrogen) atoms. The number of hydrogen-bond acceptors (Lipinski definition) is 3. The molecule has 0 saturated carbocycles. The van der Waals surface area contributed by atoms with E-state index in [-0.39, 0.29) is 0 Å². The highest BCUT2D eigenvalue weighted by Crippen LogP contribution is 2.34. The van der Waals surface area contributed by atoms with Gasteiger partial charge in [0.05, 0.1) is 12.3 Å². The summed E-state index contributed by atoms with van der Waals surface area (Å²) in [6.45, 7) is 5.83. The summed E-state index contributed by atoms with van der Waals surface area (Å²) in [4.78, 5) is 4.47. The van der Waals surface area contributed by atoms with Crippen molar-refractivity contribution in [3.05, 3.63) is 58.9 Å². The highest BCUT2D eigenvalue weighted by Gasteiger charge is 2.20. The number of fused-ring (bicyclic) bond motifs is 1. The van der Waals surface area contributed by atoms with Crippen LogP contribution in [0.25, 0.3) is 0 Å². The normalized spacial score (nSPS) is 17.7. The van der Waals surface area contributed by atoms with Gasteiger partial charge in [0.1, 0.15) is 5.75 Å². The maximum Gasteiger partial charge on any atom is 0.126 e. The van der Waals surface area contributed by atoms with Gasteiger partial charge in [-0.1, -0.05) is 24.3 Å². The maximum absolute atomic E-state index is 5.93. The molecule has 2 aromatic rings. The number of para-hydroxylation sites is 1. The molecule has 0 spiro atoms. The summed E-state index contributed by atoms with van der Waals surface area (Å²) in [6, 6.07) is 10.8. The first kappa shape index (κ1) is 14.1. The molecule has 1 aromatic heterocycles. The average Bonchev–Trinajstić information content (AvgIpc) is 2.70. The summed E-state index contributed by atoms with van der Waals surface area (Å²) in [6.07, 6.45) is 4.04. The first-order valence-corrected chi connectivity index (χ1v) is 7.62. The van der Waals surface area contributed by atoms with Crippen LogP contribution in [0.1, 0.15) is 41.3 Å². The molecule has 2 heterocycles. The number of ether oxygens (including phenoxy) is 1. The lowest BCUT2D eigenvalue weighted by molar-refractivity contribution is 0.313. The Balaban J connectivity index is 1.80. The predicted octanol–water partition coefficient (Wildman–Crippen LogP) is 3.70. The fourth-order valence-corrected chi connectivity index (χ4v) is 2.90. The number of hydrogen-bond donors (Lipinski definition) is 1.